The van der Waals surface area contributed by atoms with Gasteiger partial charge in [0.15, 0.2) is 5.76 Å². The highest BCUT2D eigenvalue weighted by molar-refractivity contribution is 7.90. The van der Waals surface area contributed by atoms with Crippen LogP contribution in [0.5, 0.6) is 0 Å². The summed E-state index contributed by atoms with van der Waals surface area (Å²) in [5.74, 6) is -2.14. The number of halogens is 1. The molecule has 2 N–H and O–H groups in total. The molecule has 0 saturated heterocycles. The summed E-state index contributed by atoms with van der Waals surface area (Å²) in [6.07, 6.45) is 2.59. The van der Waals surface area contributed by atoms with E-state index in [1.54, 1.807) is 6.92 Å². The normalized spacial score (nSPS) is 12.3. The van der Waals surface area contributed by atoms with E-state index < -0.39 is 27.4 Å². The molecular formula is C16H14FN5O4S. The van der Waals surface area contributed by atoms with Gasteiger partial charge in [-0.05, 0) is 47.5 Å². The number of hydrogen-bond acceptors (Lipinski definition) is 7. The first kappa shape index (κ1) is 18.5. The standard InChI is InChI=1S/C16H14FN5O4S/c1-2-10-7-13(14(23)8-15(24)16-18-20-21-19-16)22(9-10)27(25,26)12-5-3-11(17)4-6-12/h3-9,24H,2H2,1H3,(H,18,19,20,21). The van der Waals surface area contributed by atoms with Crippen LogP contribution in [0.15, 0.2) is 47.5 Å². The van der Waals surface area contributed by atoms with Crippen molar-refractivity contribution in [1.82, 2.24) is 24.6 Å². The Hall–Kier alpha value is -3.34. The van der Waals surface area contributed by atoms with Crippen LogP contribution in [0.4, 0.5) is 4.39 Å². The summed E-state index contributed by atoms with van der Waals surface area (Å²) < 4.78 is 39.7. The van der Waals surface area contributed by atoms with Gasteiger partial charge >= 0.3 is 0 Å². The Balaban J connectivity index is 2.07. The zero-order chi connectivity index (χ0) is 19.6. The number of rotatable bonds is 6. The summed E-state index contributed by atoms with van der Waals surface area (Å²) in [4.78, 5) is 12.4. The molecule has 0 saturated carbocycles. The van der Waals surface area contributed by atoms with Crippen molar-refractivity contribution in [1.29, 1.82) is 0 Å². The Bertz CT molecular complexity index is 1100. The molecule has 11 heteroatoms. The molecule has 0 aliphatic rings. The monoisotopic (exact) mass is 391 g/mol. The van der Waals surface area contributed by atoms with Crippen LogP contribution in [-0.4, -0.2) is 43.9 Å². The van der Waals surface area contributed by atoms with Crippen molar-refractivity contribution in [2.24, 2.45) is 0 Å². The van der Waals surface area contributed by atoms with E-state index >= 15 is 0 Å². The van der Waals surface area contributed by atoms with Crippen molar-refractivity contribution >= 4 is 21.6 Å². The number of ketones is 1. The lowest BCUT2D eigenvalue weighted by Crippen LogP contribution is -2.17. The Morgan fingerprint density at radius 1 is 1.33 bits per heavy atom. The molecule has 0 radical (unpaired) electrons. The number of nitrogens with zero attached hydrogens (tertiary/aromatic N) is 4. The number of tetrazole rings is 1. The quantitative estimate of drug-likeness (QED) is 0.372. The number of carbonyl (C=O) groups is 1. The van der Waals surface area contributed by atoms with Crippen molar-refractivity contribution in [3.05, 3.63) is 65.5 Å². The predicted octanol–water partition coefficient (Wildman–Crippen LogP) is 1.72. The molecule has 0 unspecified atom stereocenters. The second-order valence-electron chi connectivity index (χ2n) is 5.47. The molecule has 0 aliphatic heterocycles. The summed E-state index contributed by atoms with van der Waals surface area (Å²) >= 11 is 0. The molecule has 0 atom stereocenters. The van der Waals surface area contributed by atoms with Gasteiger partial charge in [0.1, 0.15) is 11.5 Å². The van der Waals surface area contributed by atoms with Gasteiger partial charge in [0.25, 0.3) is 10.0 Å². The lowest BCUT2D eigenvalue weighted by molar-refractivity contribution is 0.104. The third-order valence-electron chi connectivity index (χ3n) is 3.72. The number of hydrogen-bond donors (Lipinski definition) is 2. The summed E-state index contributed by atoms with van der Waals surface area (Å²) in [6.45, 7) is 1.80. The number of aliphatic hydroxyl groups excluding tert-OH is 1. The molecule has 0 aliphatic carbocycles. The maximum absolute atomic E-state index is 13.1. The smallest absolute Gasteiger partial charge is 0.268 e. The lowest BCUT2D eigenvalue weighted by atomic mass is 10.2. The number of aromatic amines is 1. The lowest BCUT2D eigenvalue weighted by Gasteiger charge is -2.09. The van der Waals surface area contributed by atoms with Crippen molar-refractivity contribution in [2.45, 2.75) is 18.2 Å². The van der Waals surface area contributed by atoms with E-state index in [-0.39, 0.29) is 16.4 Å². The van der Waals surface area contributed by atoms with E-state index in [4.69, 9.17) is 0 Å². The van der Waals surface area contributed by atoms with Crippen LogP contribution < -0.4 is 0 Å². The summed E-state index contributed by atoms with van der Waals surface area (Å²) in [7, 11) is -4.14. The zero-order valence-electron chi connectivity index (χ0n) is 14.0. The minimum atomic E-state index is -4.14. The van der Waals surface area contributed by atoms with E-state index in [0.29, 0.717) is 12.0 Å². The maximum Gasteiger partial charge on any atom is 0.268 e. The first-order chi connectivity index (χ1) is 12.8. The van der Waals surface area contributed by atoms with Crippen molar-refractivity contribution in [2.75, 3.05) is 0 Å². The fourth-order valence-corrected chi connectivity index (χ4v) is 3.70. The summed E-state index contributed by atoms with van der Waals surface area (Å²) in [5, 5.41) is 22.4. The molecule has 3 aromatic rings. The van der Waals surface area contributed by atoms with Gasteiger partial charge in [-0.2, -0.15) is 5.21 Å². The van der Waals surface area contributed by atoms with Crippen molar-refractivity contribution in [3.63, 3.8) is 0 Å². The minimum absolute atomic E-state index is 0.178. The molecule has 1 aromatic carbocycles. The SMILES string of the molecule is CCc1cc(C(=O)C=C(O)c2nn[nH]n2)n(S(=O)(=O)c2ccc(F)cc2)c1. The molecule has 2 aromatic heterocycles. The van der Waals surface area contributed by atoms with E-state index in [1.807, 2.05) is 0 Å². The van der Waals surface area contributed by atoms with E-state index in [9.17, 15) is 22.7 Å². The molecule has 0 fully saturated rings. The number of nitrogens with one attached hydrogen (secondary N) is 1. The Morgan fingerprint density at radius 3 is 2.63 bits per heavy atom. The Kier molecular flexibility index (Phi) is 4.86. The molecule has 0 bridgehead atoms. The Labute approximate surface area is 153 Å². The Morgan fingerprint density at radius 2 is 2.04 bits per heavy atom. The number of carbonyl (C=O) groups excluding carboxylic acids is 1. The summed E-state index contributed by atoms with van der Waals surface area (Å²) in [6, 6.07) is 5.65. The topological polar surface area (TPSA) is 131 Å². The highest BCUT2D eigenvalue weighted by Crippen LogP contribution is 2.21. The fourth-order valence-electron chi connectivity index (χ4n) is 2.32. The van der Waals surface area contributed by atoms with E-state index in [2.05, 4.69) is 20.6 Å². The predicted molar refractivity (Wildman–Crippen MR) is 91.9 cm³/mol. The second kappa shape index (κ2) is 7.11. The van der Waals surface area contributed by atoms with E-state index in [0.717, 1.165) is 34.3 Å². The van der Waals surface area contributed by atoms with Crippen LogP contribution in [0.2, 0.25) is 0 Å². The largest absolute Gasteiger partial charge is 0.504 e. The average Bonchev–Trinajstić information content (AvgIpc) is 3.32. The van der Waals surface area contributed by atoms with Crippen LogP contribution in [-0.2, 0) is 16.4 Å². The zero-order valence-corrected chi connectivity index (χ0v) is 14.8. The number of aryl methyl sites for hydroxylation is 1. The van der Waals surface area contributed by atoms with Crippen molar-refractivity contribution < 1.29 is 22.7 Å². The van der Waals surface area contributed by atoms with E-state index in [1.165, 1.54) is 12.3 Å². The summed E-state index contributed by atoms with van der Waals surface area (Å²) in [5.41, 5.74) is 0.405. The van der Waals surface area contributed by atoms with Crippen LogP contribution in [0.25, 0.3) is 5.76 Å². The molecule has 0 spiro atoms. The molecule has 27 heavy (non-hydrogen) atoms. The first-order valence-electron chi connectivity index (χ1n) is 7.74. The number of H-pyrrole nitrogens is 1. The molecule has 140 valence electrons. The number of benzene rings is 1. The van der Waals surface area contributed by atoms with Crippen LogP contribution in [0.3, 0.4) is 0 Å². The maximum atomic E-state index is 13.1. The van der Waals surface area contributed by atoms with Gasteiger partial charge < -0.3 is 5.11 Å². The van der Waals surface area contributed by atoms with Gasteiger partial charge in [-0.3, -0.25) is 4.79 Å². The van der Waals surface area contributed by atoms with Gasteiger partial charge in [0.2, 0.25) is 11.6 Å². The van der Waals surface area contributed by atoms with Crippen LogP contribution in [0.1, 0.15) is 28.8 Å². The molecule has 2 heterocycles. The molecular weight excluding hydrogens is 377 g/mol. The van der Waals surface area contributed by atoms with Gasteiger partial charge in [-0.25, -0.2) is 16.8 Å². The van der Waals surface area contributed by atoms with Crippen LogP contribution in [0, 0.1) is 5.82 Å². The molecule has 0 amide bonds. The molecule has 9 nitrogen and oxygen atoms in total. The van der Waals surface area contributed by atoms with Gasteiger partial charge in [0, 0.05) is 12.3 Å². The van der Waals surface area contributed by atoms with Gasteiger partial charge in [-0.1, -0.05) is 6.92 Å². The number of allylic oxidation sites excluding steroid dienone is 1. The third-order valence-corrected chi connectivity index (χ3v) is 5.40. The van der Waals surface area contributed by atoms with Gasteiger partial charge in [-0.15, -0.1) is 10.2 Å². The minimum Gasteiger partial charge on any atom is -0.504 e. The fraction of sp³-hybridized carbons (Fsp3) is 0.125. The number of aliphatic hydroxyl groups is 1. The second-order valence-corrected chi connectivity index (χ2v) is 7.29. The highest BCUT2D eigenvalue weighted by Gasteiger charge is 2.24. The van der Waals surface area contributed by atoms with Crippen LogP contribution >= 0.6 is 0 Å². The average molecular weight is 391 g/mol. The molecule has 3 rings (SSSR count). The highest BCUT2D eigenvalue weighted by atomic mass is 32.2. The first-order valence-corrected chi connectivity index (χ1v) is 9.18. The van der Waals surface area contributed by atoms with Crippen molar-refractivity contribution in [3.8, 4) is 0 Å². The van der Waals surface area contributed by atoms with Gasteiger partial charge in [0.05, 0.1) is 4.90 Å². The number of aromatic nitrogens is 5. The third kappa shape index (κ3) is 3.62.